The van der Waals surface area contributed by atoms with E-state index in [9.17, 15) is 9.90 Å². The Bertz CT molecular complexity index is 1250. The van der Waals surface area contributed by atoms with Gasteiger partial charge in [0.1, 0.15) is 0 Å². The summed E-state index contributed by atoms with van der Waals surface area (Å²) in [6, 6.07) is 22.1. The van der Waals surface area contributed by atoms with Gasteiger partial charge < -0.3 is 5.11 Å². The molecule has 0 fully saturated rings. The highest BCUT2D eigenvalue weighted by Crippen LogP contribution is 2.38. The molecule has 0 aliphatic heterocycles. The summed E-state index contributed by atoms with van der Waals surface area (Å²) in [7, 11) is 0. The average molecular weight is 351 g/mol. The van der Waals surface area contributed by atoms with E-state index >= 15 is 0 Å². The third-order valence-corrected chi connectivity index (χ3v) is 5.31. The number of carbonyl (C=O) groups is 1. The van der Waals surface area contributed by atoms with E-state index in [-0.39, 0.29) is 0 Å². The largest absolute Gasteiger partial charge is 0.478 e. The highest BCUT2D eigenvalue weighted by atomic mass is 16.4. The highest BCUT2D eigenvalue weighted by Gasteiger charge is 2.26. The van der Waals surface area contributed by atoms with Gasteiger partial charge in [-0.1, -0.05) is 60.7 Å². The van der Waals surface area contributed by atoms with Gasteiger partial charge in [0, 0.05) is 5.39 Å². The summed E-state index contributed by atoms with van der Waals surface area (Å²) in [5.41, 5.74) is 5.07. The first-order valence-electron chi connectivity index (χ1n) is 9.06. The van der Waals surface area contributed by atoms with Gasteiger partial charge in [-0.05, 0) is 52.5 Å². The molecule has 0 amide bonds. The summed E-state index contributed by atoms with van der Waals surface area (Å²) in [5, 5.41) is 12.9. The molecule has 0 saturated heterocycles. The highest BCUT2D eigenvalue weighted by molar-refractivity contribution is 6.07. The Labute approximate surface area is 156 Å². The number of carboxylic acid groups (broad SMARTS) is 1. The maximum absolute atomic E-state index is 12.0. The fraction of sp³-hybridized carbons (Fsp3) is 0.0833. The van der Waals surface area contributed by atoms with Crippen molar-refractivity contribution < 1.29 is 9.90 Å². The van der Waals surface area contributed by atoms with Crippen LogP contribution in [0.15, 0.2) is 66.7 Å². The van der Waals surface area contributed by atoms with Crippen molar-refractivity contribution in [3.63, 3.8) is 0 Å². The van der Waals surface area contributed by atoms with Crippen LogP contribution in [-0.4, -0.2) is 16.1 Å². The van der Waals surface area contributed by atoms with Crippen molar-refractivity contribution in [2.75, 3.05) is 0 Å². The minimum Gasteiger partial charge on any atom is -0.478 e. The summed E-state index contributed by atoms with van der Waals surface area (Å²) < 4.78 is 0. The smallest absolute Gasteiger partial charge is 0.336 e. The van der Waals surface area contributed by atoms with E-state index in [0.717, 1.165) is 39.7 Å². The zero-order valence-corrected chi connectivity index (χ0v) is 14.6. The van der Waals surface area contributed by atoms with Crippen LogP contribution in [0.2, 0.25) is 0 Å². The van der Waals surface area contributed by atoms with Gasteiger partial charge >= 0.3 is 5.97 Å². The van der Waals surface area contributed by atoms with E-state index in [0.29, 0.717) is 12.0 Å². The first kappa shape index (κ1) is 15.8. The van der Waals surface area contributed by atoms with Crippen LogP contribution in [0.5, 0.6) is 0 Å². The predicted octanol–water partition coefficient (Wildman–Crippen LogP) is 5.57. The van der Waals surface area contributed by atoms with Gasteiger partial charge in [-0.25, -0.2) is 9.78 Å². The number of rotatable bonds is 2. The normalized spacial score (nSPS) is 14.7. The van der Waals surface area contributed by atoms with Crippen LogP contribution in [0.3, 0.4) is 0 Å². The minimum absolute atomic E-state index is 0.400. The summed E-state index contributed by atoms with van der Waals surface area (Å²) in [6.07, 6.45) is 3.69. The summed E-state index contributed by atoms with van der Waals surface area (Å²) in [5.74, 6) is -0.878. The molecule has 3 nitrogen and oxygen atoms in total. The molecule has 0 atom stereocenters. The Morgan fingerprint density at radius 1 is 0.889 bits per heavy atom. The molecule has 1 aliphatic carbocycles. The molecule has 4 aromatic rings. The summed E-state index contributed by atoms with van der Waals surface area (Å²) >= 11 is 0. The Kier molecular flexibility index (Phi) is 3.54. The molecule has 0 bridgehead atoms. The third-order valence-electron chi connectivity index (χ3n) is 5.31. The second-order valence-corrected chi connectivity index (χ2v) is 6.87. The Morgan fingerprint density at radius 2 is 1.63 bits per heavy atom. The Hall–Kier alpha value is -3.46. The Balaban J connectivity index is 1.75. The molecule has 0 radical (unpaired) electrons. The molecule has 27 heavy (non-hydrogen) atoms. The number of carboxylic acids is 1. The molecule has 1 aliphatic rings. The van der Waals surface area contributed by atoms with Crippen molar-refractivity contribution in [3.05, 3.63) is 89.1 Å². The summed E-state index contributed by atoms with van der Waals surface area (Å²) in [6.45, 7) is 0. The van der Waals surface area contributed by atoms with Crippen LogP contribution < -0.4 is 0 Å². The molecule has 1 aromatic heterocycles. The van der Waals surface area contributed by atoms with Crippen LogP contribution >= 0.6 is 0 Å². The summed E-state index contributed by atoms with van der Waals surface area (Å²) in [4.78, 5) is 16.8. The zero-order chi connectivity index (χ0) is 18.4. The second kappa shape index (κ2) is 6.06. The molecular weight excluding hydrogens is 334 g/mol. The van der Waals surface area contributed by atoms with Crippen LogP contribution in [-0.2, 0) is 6.42 Å². The molecule has 3 heteroatoms. The quantitative estimate of drug-likeness (QED) is 0.513. The fourth-order valence-electron chi connectivity index (χ4n) is 4.09. The molecule has 3 aromatic carbocycles. The number of aromatic carboxylic acids is 1. The maximum Gasteiger partial charge on any atom is 0.336 e. The first-order chi connectivity index (χ1) is 13.2. The van der Waals surface area contributed by atoms with E-state index in [2.05, 4.69) is 36.4 Å². The molecule has 5 rings (SSSR count). The number of fused-ring (bicyclic) bond motifs is 3. The molecule has 1 heterocycles. The molecular formula is C24H17NO2. The lowest BCUT2D eigenvalue weighted by atomic mass is 9.99. The zero-order valence-electron chi connectivity index (χ0n) is 14.6. The molecule has 0 spiro atoms. The van der Waals surface area contributed by atoms with Crippen LogP contribution in [0.25, 0.3) is 33.3 Å². The maximum atomic E-state index is 12.0. The van der Waals surface area contributed by atoms with Crippen LogP contribution in [0, 0.1) is 0 Å². The van der Waals surface area contributed by atoms with E-state index in [1.54, 1.807) is 0 Å². The number of pyridine rings is 1. The van der Waals surface area contributed by atoms with Gasteiger partial charge in [0.15, 0.2) is 0 Å². The number of nitrogens with zero attached hydrogens (tertiary/aromatic N) is 1. The lowest BCUT2D eigenvalue weighted by Crippen LogP contribution is -2.05. The van der Waals surface area contributed by atoms with E-state index in [4.69, 9.17) is 4.98 Å². The average Bonchev–Trinajstić information content (AvgIpc) is 3.08. The topological polar surface area (TPSA) is 50.2 Å². The number of benzene rings is 3. The van der Waals surface area contributed by atoms with Crippen molar-refractivity contribution in [1.29, 1.82) is 0 Å². The van der Waals surface area contributed by atoms with E-state index in [1.165, 1.54) is 10.8 Å². The minimum atomic E-state index is -0.878. The van der Waals surface area contributed by atoms with Gasteiger partial charge in [0.25, 0.3) is 0 Å². The number of hydrogen-bond acceptors (Lipinski definition) is 2. The lowest BCUT2D eigenvalue weighted by molar-refractivity contribution is 0.0698. The van der Waals surface area contributed by atoms with Crippen molar-refractivity contribution in [3.8, 4) is 0 Å². The monoisotopic (exact) mass is 351 g/mol. The molecule has 130 valence electrons. The van der Waals surface area contributed by atoms with Crippen molar-refractivity contribution >= 4 is 39.3 Å². The van der Waals surface area contributed by atoms with Gasteiger partial charge in [0.05, 0.1) is 16.8 Å². The van der Waals surface area contributed by atoms with E-state index in [1.807, 2.05) is 36.4 Å². The third kappa shape index (κ3) is 2.51. The van der Waals surface area contributed by atoms with E-state index < -0.39 is 5.97 Å². The SMILES string of the molecule is O=C(O)c1c2c(nc3ccccc13)/C(=C/c1cccc3ccccc13)CC2. The fourth-order valence-corrected chi connectivity index (χ4v) is 4.09. The number of hydrogen-bond donors (Lipinski definition) is 1. The van der Waals surface area contributed by atoms with Crippen LogP contribution in [0.4, 0.5) is 0 Å². The number of para-hydroxylation sites is 1. The van der Waals surface area contributed by atoms with Crippen molar-refractivity contribution in [2.45, 2.75) is 12.8 Å². The number of allylic oxidation sites excluding steroid dienone is 1. The molecule has 0 saturated carbocycles. The Morgan fingerprint density at radius 3 is 2.48 bits per heavy atom. The lowest BCUT2D eigenvalue weighted by Gasteiger charge is -2.09. The second-order valence-electron chi connectivity index (χ2n) is 6.87. The van der Waals surface area contributed by atoms with Gasteiger partial charge in [-0.2, -0.15) is 0 Å². The first-order valence-corrected chi connectivity index (χ1v) is 9.06. The van der Waals surface area contributed by atoms with Gasteiger partial charge in [-0.3, -0.25) is 0 Å². The molecule has 1 N–H and O–H groups in total. The van der Waals surface area contributed by atoms with Crippen molar-refractivity contribution in [2.24, 2.45) is 0 Å². The van der Waals surface area contributed by atoms with Gasteiger partial charge in [0.2, 0.25) is 0 Å². The molecule has 0 unspecified atom stereocenters. The van der Waals surface area contributed by atoms with Gasteiger partial charge in [-0.15, -0.1) is 0 Å². The predicted molar refractivity (Wildman–Crippen MR) is 109 cm³/mol. The number of aromatic nitrogens is 1. The standard InChI is InChI=1S/C24H17NO2/c26-24(27)22-19-10-3-4-11-21(19)25-23-17(12-13-20(22)23)14-16-8-5-7-15-6-1-2-9-18(15)16/h1-11,14H,12-13H2,(H,26,27)/b17-14+. The van der Waals surface area contributed by atoms with Crippen LogP contribution in [0.1, 0.15) is 33.6 Å². The van der Waals surface area contributed by atoms with Crippen molar-refractivity contribution in [1.82, 2.24) is 4.98 Å².